The van der Waals surface area contributed by atoms with E-state index in [9.17, 15) is 9.59 Å². The van der Waals surface area contributed by atoms with Gasteiger partial charge >= 0.3 is 0 Å². The monoisotopic (exact) mass is 278 g/mol. The fourth-order valence-electron chi connectivity index (χ4n) is 2.12. The Bertz CT molecular complexity index is 689. The summed E-state index contributed by atoms with van der Waals surface area (Å²) in [6, 6.07) is 15.1. The molecule has 0 atom stereocenters. The average Bonchev–Trinajstić information content (AvgIpc) is 2.47. The van der Waals surface area contributed by atoms with Crippen molar-refractivity contribution in [3.63, 3.8) is 0 Å². The van der Waals surface area contributed by atoms with Crippen LogP contribution in [0.4, 0.5) is 0 Å². The van der Waals surface area contributed by atoms with Gasteiger partial charge in [0.25, 0.3) is 0 Å². The molecule has 0 aromatic heterocycles. The van der Waals surface area contributed by atoms with Gasteiger partial charge in [0.2, 0.25) is 0 Å². The van der Waals surface area contributed by atoms with E-state index in [0.29, 0.717) is 0 Å². The van der Waals surface area contributed by atoms with E-state index in [1.807, 2.05) is 55.5 Å². The first-order valence-corrected chi connectivity index (χ1v) is 6.88. The summed E-state index contributed by atoms with van der Waals surface area (Å²) in [6.45, 7) is 5.16. The van der Waals surface area contributed by atoms with Crippen molar-refractivity contribution in [3.8, 4) is 0 Å². The Balaban J connectivity index is 2.23. The highest BCUT2D eigenvalue weighted by Gasteiger charge is 2.01. The van der Waals surface area contributed by atoms with Gasteiger partial charge in [-0.1, -0.05) is 54.6 Å². The Morgan fingerprint density at radius 2 is 1.05 bits per heavy atom. The number of Topliss-reactive ketones (excluding diaryl/α,β-unsaturated/α-hetero) is 2. The number of carbonyl (C=O) groups excluding carboxylic acids is 2. The number of rotatable bonds is 4. The lowest BCUT2D eigenvalue weighted by Gasteiger charge is -2.04. The van der Waals surface area contributed by atoms with E-state index in [1.165, 1.54) is 0 Å². The molecule has 0 bridgehead atoms. The van der Waals surface area contributed by atoms with Crippen molar-refractivity contribution in [2.75, 3.05) is 0 Å². The zero-order valence-corrected chi connectivity index (χ0v) is 12.5. The van der Waals surface area contributed by atoms with Gasteiger partial charge in [-0.05, 0) is 37.5 Å². The van der Waals surface area contributed by atoms with Crippen LogP contribution in [0.15, 0.2) is 48.5 Å². The smallest absolute Gasteiger partial charge is 0.159 e. The van der Waals surface area contributed by atoms with Gasteiger partial charge in [0, 0.05) is 11.1 Å². The van der Waals surface area contributed by atoms with Crippen LogP contribution in [0.25, 0.3) is 11.6 Å². The van der Waals surface area contributed by atoms with Gasteiger partial charge in [-0.3, -0.25) is 9.59 Å². The quantitative estimate of drug-likeness (QED) is 0.602. The van der Waals surface area contributed by atoms with E-state index >= 15 is 0 Å². The van der Waals surface area contributed by atoms with E-state index in [2.05, 4.69) is 6.08 Å². The molecule has 0 aliphatic rings. The minimum atomic E-state index is 0.0714. The van der Waals surface area contributed by atoms with Crippen molar-refractivity contribution in [3.05, 3.63) is 70.8 Å². The third-order valence-electron chi connectivity index (χ3n) is 3.45. The standard InChI is InChI=1S/C19H18O2/c1-13(17-8-10-19(11-9-17)15(3)21)12-16-4-6-18(7-5-16)14(2)20/h4-12H,1-3H3/b13-12+. The van der Waals surface area contributed by atoms with E-state index in [0.717, 1.165) is 27.8 Å². The molecule has 0 radical (unpaired) electrons. The molecule has 0 amide bonds. The molecule has 2 nitrogen and oxygen atoms in total. The van der Waals surface area contributed by atoms with Crippen LogP contribution in [0.3, 0.4) is 0 Å². The third-order valence-corrected chi connectivity index (χ3v) is 3.45. The summed E-state index contributed by atoms with van der Waals surface area (Å²) >= 11 is 0. The first-order chi connectivity index (χ1) is 9.97. The van der Waals surface area contributed by atoms with Crippen molar-refractivity contribution in [1.82, 2.24) is 0 Å². The first kappa shape index (κ1) is 14.9. The van der Waals surface area contributed by atoms with E-state index in [4.69, 9.17) is 0 Å². The lowest BCUT2D eigenvalue weighted by Crippen LogP contribution is -1.92. The predicted octanol–water partition coefficient (Wildman–Crippen LogP) is 4.65. The van der Waals surface area contributed by atoms with Crippen LogP contribution >= 0.6 is 0 Å². The van der Waals surface area contributed by atoms with Crippen molar-refractivity contribution in [2.24, 2.45) is 0 Å². The average molecular weight is 278 g/mol. The van der Waals surface area contributed by atoms with Gasteiger partial charge in [-0.25, -0.2) is 0 Å². The van der Waals surface area contributed by atoms with Crippen molar-refractivity contribution >= 4 is 23.2 Å². The molecule has 2 aromatic carbocycles. The van der Waals surface area contributed by atoms with E-state index in [1.54, 1.807) is 13.8 Å². The second-order valence-electron chi connectivity index (χ2n) is 5.14. The highest BCUT2D eigenvalue weighted by atomic mass is 16.1. The molecule has 0 spiro atoms. The second-order valence-corrected chi connectivity index (χ2v) is 5.14. The Hall–Kier alpha value is -2.48. The van der Waals surface area contributed by atoms with Crippen LogP contribution in [-0.2, 0) is 0 Å². The molecule has 21 heavy (non-hydrogen) atoms. The fraction of sp³-hybridized carbons (Fsp3) is 0.158. The summed E-state index contributed by atoms with van der Waals surface area (Å²) in [6.07, 6.45) is 2.06. The van der Waals surface area contributed by atoms with Gasteiger partial charge in [0.1, 0.15) is 0 Å². The largest absolute Gasteiger partial charge is 0.295 e. The zero-order valence-electron chi connectivity index (χ0n) is 12.5. The molecule has 2 aromatic rings. The molecule has 0 aliphatic heterocycles. The summed E-state index contributed by atoms with van der Waals surface area (Å²) in [4.78, 5) is 22.5. The minimum absolute atomic E-state index is 0.0714. The third kappa shape index (κ3) is 3.76. The van der Waals surface area contributed by atoms with E-state index in [-0.39, 0.29) is 11.6 Å². The summed E-state index contributed by atoms with van der Waals surface area (Å²) in [7, 11) is 0. The van der Waals surface area contributed by atoms with Crippen LogP contribution in [0.5, 0.6) is 0 Å². The lowest BCUT2D eigenvalue weighted by atomic mass is 10.0. The molecule has 0 aliphatic carbocycles. The maximum atomic E-state index is 11.3. The number of hydrogen-bond acceptors (Lipinski definition) is 2. The highest BCUT2D eigenvalue weighted by molar-refractivity contribution is 5.95. The molecule has 106 valence electrons. The molecular weight excluding hydrogens is 260 g/mol. The normalized spacial score (nSPS) is 11.3. The summed E-state index contributed by atoms with van der Waals surface area (Å²) < 4.78 is 0. The predicted molar refractivity (Wildman–Crippen MR) is 86.4 cm³/mol. The molecule has 0 unspecified atom stereocenters. The van der Waals surface area contributed by atoms with Crippen molar-refractivity contribution in [2.45, 2.75) is 20.8 Å². The van der Waals surface area contributed by atoms with Gasteiger partial charge < -0.3 is 0 Å². The molecule has 0 fully saturated rings. The number of hydrogen-bond donors (Lipinski definition) is 0. The minimum Gasteiger partial charge on any atom is -0.295 e. The first-order valence-electron chi connectivity index (χ1n) is 6.88. The number of benzene rings is 2. The number of ketones is 2. The maximum Gasteiger partial charge on any atom is 0.159 e. The lowest BCUT2D eigenvalue weighted by molar-refractivity contribution is 0.100. The van der Waals surface area contributed by atoms with Crippen molar-refractivity contribution < 1.29 is 9.59 Å². The van der Waals surface area contributed by atoms with Gasteiger partial charge in [-0.15, -0.1) is 0 Å². The van der Waals surface area contributed by atoms with Gasteiger partial charge in [0.05, 0.1) is 0 Å². The van der Waals surface area contributed by atoms with Crippen molar-refractivity contribution in [1.29, 1.82) is 0 Å². The van der Waals surface area contributed by atoms with Crippen LogP contribution in [0.2, 0.25) is 0 Å². The Kier molecular flexibility index (Phi) is 4.49. The van der Waals surface area contributed by atoms with Crippen LogP contribution < -0.4 is 0 Å². The van der Waals surface area contributed by atoms with Gasteiger partial charge in [0.15, 0.2) is 11.6 Å². The van der Waals surface area contributed by atoms with E-state index < -0.39 is 0 Å². The Morgan fingerprint density at radius 3 is 1.48 bits per heavy atom. The molecule has 0 heterocycles. The molecule has 2 heteroatoms. The maximum absolute atomic E-state index is 11.3. The zero-order chi connectivity index (χ0) is 15.4. The SMILES string of the molecule is CC(=O)c1ccc(/C=C(\C)c2ccc(C(C)=O)cc2)cc1. The van der Waals surface area contributed by atoms with Crippen LogP contribution in [0.1, 0.15) is 52.6 Å². The molecule has 0 saturated heterocycles. The number of allylic oxidation sites excluding steroid dienone is 1. The summed E-state index contributed by atoms with van der Waals surface area (Å²) in [5, 5.41) is 0. The van der Waals surface area contributed by atoms with Crippen LogP contribution in [0, 0.1) is 0 Å². The summed E-state index contributed by atoms with van der Waals surface area (Å²) in [5.41, 5.74) is 4.68. The summed E-state index contributed by atoms with van der Waals surface area (Å²) in [5.74, 6) is 0.144. The second kappa shape index (κ2) is 6.31. The topological polar surface area (TPSA) is 34.1 Å². The molecule has 0 saturated carbocycles. The van der Waals surface area contributed by atoms with Crippen LogP contribution in [-0.4, -0.2) is 11.6 Å². The Morgan fingerprint density at radius 1 is 0.667 bits per heavy atom. The molecule has 2 rings (SSSR count). The highest BCUT2D eigenvalue weighted by Crippen LogP contribution is 2.19. The van der Waals surface area contributed by atoms with Gasteiger partial charge in [-0.2, -0.15) is 0 Å². The fourth-order valence-corrected chi connectivity index (χ4v) is 2.12. The number of carbonyl (C=O) groups is 2. The molecular formula is C19H18O2. The molecule has 0 N–H and O–H groups in total. The Labute approximate surface area is 125 Å².